The van der Waals surface area contributed by atoms with Crippen LogP contribution in [0.2, 0.25) is 0 Å². The third kappa shape index (κ3) is 3.99. The number of benzene rings is 2. The average Bonchev–Trinajstić information content (AvgIpc) is 2.59. The molecule has 0 aliphatic heterocycles. The minimum atomic E-state index is -6.18. The molecule has 10 heteroatoms. The SMILES string of the molecule is COC(=O)c1ccc(Oc2ccc(C(F)(C(F)(F)F)C(F)(F)F)cc2)cc1. The Morgan fingerprint density at radius 2 is 1.15 bits per heavy atom. The summed E-state index contributed by atoms with van der Waals surface area (Å²) in [7, 11) is 1.18. The molecule has 0 aromatic heterocycles. The van der Waals surface area contributed by atoms with Crippen molar-refractivity contribution in [2.45, 2.75) is 18.0 Å². The molecule has 0 amide bonds. The van der Waals surface area contributed by atoms with Gasteiger partial charge in [-0.3, -0.25) is 0 Å². The molecule has 146 valence electrons. The largest absolute Gasteiger partial charge is 0.465 e. The molecule has 2 rings (SSSR count). The van der Waals surface area contributed by atoms with Crippen LogP contribution in [0.15, 0.2) is 48.5 Å². The van der Waals surface area contributed by atoms with Gasteiger partial charge in [0.2, 0.25) is 0 Å². The highest BCUT2D eigenvalue weighted by molar-refractivity contribution is 5.89. The van der Waals surface area contributed by atoms with Crippen molar-refractivity contribution in [2.75, 3.05) is 7.11 Å². The van der Waals surface area contributed by atoms with Crippen LogP contribution in [0.5, 0.6) is 11.5 Å². The monoisotopic (exact) mass is 396 g/mol. The highest BCUT2D eigenvalue weighted by Gasteiger charge is 2.73. The highest BCUT2D eigenvalue weighted by Crippen LogP contribution is 2.53. The fraction of sp³-hybridized carbons (Fsp3) is 0.235. The first-order chi connectivity index (χ1) is 12.4. The molecule has 0 radical (unpaired) electrons. The van der Waals surface area contributed by atoms with Gasteiger partial charge in [0.25, 0.3) is 0 Å². The lowest BCUT2D eigenvalue weighted by Crippen LogP contribution is -2.50. The van der Waals surface area contributed by atoms with Crippen LogP contribution in [-0.2, 0) is 10.4 Å². The minimum absolute atomic E-state index is 0.128. The zero-order valence-corrected chi connectivity index (χ0v) is 13.5. The van der Waals surface area contributed by atoms with Crippen LogP contribution in [0, 0.1) is 0 Å². The molecular weight excluding hydrogens is 385 g/mol. The average molecular weight is 396 g/mol. The third-order valence-corrected chi connectivity index (χ3v) is 3.54. The van der Waals surface area contributed by atoms with Crippen LogP contribution in [0.25, 0.3) is 0 Å². The summed E-state index contributed by atoms with van der Waals surface area (Å²) < 4.78 is 99.9. The lowest BCUT2D eigenvalue weighted by Gasteiger charge is -2.30. The first kappa shape index (κ1) is 20.5. The van der Waals surface area contributed by atoms with Gasteiger partial charge in [0, 0.05) is 5.56 Å². The molecule has 0 atom stereocenters. The second-order valence-electron chi connectivity index (χ2n) is 5.30. The Kier molecular flexibility index (Phi) is 5.39. The van der Waals surface area contributed by atoms with E-state index in [0.717, 1.165) is 12.1 Å². The quantitative estimate of drug-likeness (QED) is 0.502. The molecule has 27 heavy (non-hydrogen) atoms. The van der Waals surface area contributed by atoms with Crippen molar-refractivity contribution in [3.05, 3.63) is 59.7 Å². The summed E-state index contributed by atoms with van der Waals surface area (Å²) in [5.41, 5.74) is -6.91. The van der Waals surface area contributed by atoms with Gasteiger partial charge < -0.3 is 9.47 Å². The van der Waals surface area contributed by atoms with E-state index in [9.17, 15) is 35.5 Å². The van der Waals surface area contributed by atoms with Gasteiger partial charge in [0.1, 0.15) is 11.5 Å². The molecule has 0 N–H and O–H groups in total. The predicted octanol–water partition coefficient (Wildman–Crippen LogP) is 5.55. The van der Waals surface area contributed by atoms with Crippen molar-refractivity contribution in [1.82, 2.24) is 0 Å². The second kappa shape index (κ2) is 7.09. The Morgan fingerprint density at radius 1 is 0.741 bits per heavy atom. The number of esters is 1. The van der Waals surface area contributed by atoms with Crippen molar-refractivity contribution in [3.63, 3.8) is 0 Å². The van der Waals surface area contributed by atoms with Crippen LogP contribution >= 0.6 is 0 Å². The van der Waals surface area contributed by atoms with Gasteiger partial charge in [-0.05, 0) is 36.4 Å². The van der Waals surface area contributed by atoms with Crippen molar-refractivity contribution < 1.29 is 45.0 Å². The van der Waals surface area contributed by atoms with E-state index in [1.807, 2.05) is 0 Å². The fourth-order valence-corrected chi connectivity index (χ4v) is 2.15. The van der Waals surface area contributed by atoms with Crippen LogP contribution in [-0.4, -0.2) is 25.4 Å². The number of methoxy groups -OCH3 is 1. The predicted molar refractivity (Wildman–Crippen MR) is 79.2 cm³/mol. The van der Waals surface area contributed by atoms with E-state index in [2.05, 4.69) is 4.74 Å². The summed E-state index contributed by atoms with van der Waals surface area (Å²) in [6, 6.07) is 7.60. The third-order valence-electron chi connectivity index (χ3n) is 3.54. The molecular formula is C17H11F7O3. The van der Waals surface area contributed by atoms with Gasteiger partial charge in [-0.25, -0.2) is 9.18 Å². The summed E-state index contributed by atoms with van der Waals surface area (Å²) in [6.45, 7) is 0. The molecule has 0 aliphatic rings. The summed E-state index contributed by atoms with van der Waals surface area (Å²) in [5, 5.41) is 0. The van der Waals surface area contributed by atoms with Gasteiger partial charge in [-0.2, -0.15) is 26.3 Å². The maximum absolute atomic E-state index is 13.9. The minimum Gasteiger partial charge on any atom is -0.465 e. The Balaban J connectivity index is 2.25. The highest BCUT2D eigenvalue weighted by atomic mass is 19.4. The zero-order valence-electron chi connectivity index (χ0n) is 13.5. The van der Waals surface area contributed by atoms with Gasteiger partial charge in [-0.1, -0.05) is 12.1 Å². The molecule has 0 aliphatic carbocycles. The van der Waals surface area contributed by atoms with Crippen LogP contribution in [0.3, 0.4) is 0 Å². The summed E-state index contributed by atoms with van der Waals surface area (Å²) in [5.74, 6) is -0.589. The number of alkyl halides is 7. The van der Waals surface area contributed by atoms with Crippen LogP contribution < -0.4 is 4.74 Å². The van der Waals surface area contributed by atoms with Gasteiger partial charge in [0.05, 0.1) is 12.7 Å². The van der Waals surface area contributed by atoms with E-state index in [1.165, 1.54) is 31.4 Å². The number of carbonyl (C=O) groups is 1. The van der Waals surface area contributed by atoms with E-state index < -0.39 is 29.6 Å². The Morgan fingerprint density at radius 3 is 1.52 bits per heavy atom. The number of carbonyl (C=O) groups excluding carboxylic acids is 1. The maximum Gasteiger partial charge on any atom is 0.435 e. The lowest BCUT2D eigenvalue weighted by atomic mass is 9.94. The van der Waals surface area contributed by atoms with E-state index in [0.29, 0.717) is 12.1 Å². The molecule has 0 unspecified atom stereocenters. The smallest absolute Gasteiger partial charge is 0.435 e. The van der Waals surface area contributed by atoms with E-state index >= 15 is 0 Å². The summed E-state index contributed by atoms with van der Waals surface area (Å²) >= 11 is 0. The topological polar surface area (TPSA) is 35.5 Å². The zero-order chi connectivity index (χ0) is 20.5. The molecule has 0 saturated heterocycles. The lowest BCUT2D eigenvalue weighted by molar-refractivity contribution is -0.348. The van der Waals surface area contributed by atoms with E-state index in [1.54, 1.807) is 0 Å². The van der Waals surface area contributed by atoms with Crippen molar-refractivity contribution in [1.29, 1.82) is 0 Å². The number of hydrogen-bond acceptors (Lipinski definition) is 3. The van der Waals surface area contributed by atoms with Gasteiger partial charge >= 0.3 is 24.0 Å². The van der Waals surface area contributed by atoms with Crippen molar-refractivity contribution in [2.24, 2.45) is 0 Å². The van der Waals surface area contributed by atoms with Gasteiger partial charge in [0.15, 0.2) is 0 Å². The number of rotatable bonds is 4. The molecule has 0 fully saturated rings. The number of ether oxygens (including phenoxy) is 2. The molecule has 0 spiro atoms. The van der Waals surface area contributed by atoms with Crippen LogP contribution in [0.1, 0.15) is 15.9 Å². The molecule has 0 heterocycles. The Labute approximate surface area is 148 Å². The fourth-order valence-electron chi connectivity index (χ4n) is 2.15. The standard InChI is InChI=1S/C17H11F7O3/c1-26-14(25)10-2-6-12(7-3-10)27-13-8-4-11(5-9-13)15(18,16(19,20)21)17(22,23)24/h2-9H,1H3. The van der Waals surface area contributed by atoms with Gasteiger partial charge in [-0.15, -0.1) is 0 Å². The summed E-state index contributed by atoms with van der Waals surface area (Å²) in [4.78, 5) is 11.3. The van der Waals surface area contributed by atoms with Crippen molar-refractivity contribution >= 4 is 5.97 Å². The number of hydrogen-bond donors (Lipinski definition) is 0. The maximum atomic E-state index is 13.9. The Hall–Kier alpha value is -2.78. The van der Waals surface area contributed by atoms with Crippen LogP contribution in [0.4, 0.5) is 30.7 Å². The van der Waals surface area contributed by atoms with E-state index in [4.69, 9.17) is 4.74 Å². The molecule has 0 saturated carbocycles. The summed E-state index contributed by atoms with van der Waals surface area (Å²) in [6.07, 6.45) is -12.4. The molecule has 3 nitrogen and oxygen atoms in total. The first-order valence-corrected chi connectivity index (χ1v) is 7.19. The molecule has 2 aromatic rings. The normalized spacial score (nSPS) is 12.6. The molecule has 2 aromatic carbocycles. The van der Waals surface area contributed by atoms with Crippen molar-refractivity contribution in [3.8, 4) is 11.5 Å². The molecule has 0 bridgehead atoms. The first-order valence-electron chi connectivity index (χ1n) is 7.19. The second-order valence-corrected chi connectivity index (χ2v) is 5.30. The number of halogens is 7. The Bertz CT molecular complexity index is 779. The van der Waals surface area contributed by atoms with E-state index in [-0.39, 0.29) is 17.1 Å².